The number of phenolic OH excluding ortho intramolecular Hbond substituents is 1. The first-order chi connectivity index (χ1) is 8.61. The first-order valence-corrected chi connectivity index (χ1v) is 5.32. The van der Waals surface area contributed by atoms with Crippen LogP contribution in [0.4, 0.5) is 0 Å². The standard InChI is InChI=1S/C14H12O4/c1-18-11-5-2-9(3-6-11)12-8-10(14(16)17)4-7-13(12)15/h2-8,15H,1H3,(H,16,17). The van der Waals surface area contributed by atoms with Gasteiger partial charge in [0.25, 0.3) is 0 Å². The maximum absolute atomic E-state index is 10.9. The van der Waals surface area contributed by atoms with Gasteiger partial charge in [-0.3, -0.25) is 0 Å². The van der Waals surface area contributed by atoms with Crippen molar-refractivity contribution in [1.29, 1.82) is 0 Å². The largest absolute Gasteiger partial charge is 0.507 e. The number of benzene rings is 2. The highest BCUT2D eigenvalue weighted by Crippen LogP contribution is 2.31. The molecule has 0 bridgehead atoms. The van der Waals surface area contributed by atoms with Crippen LogP contribution in [-0.4, -0.2) is 23.3 Å². The van der Waals surface area contributed by atoms with Gasteiger partial charge in [-0.05, 0) is 35.9 Å². The Hall–Kier alpha value is -2.49. The minimum atomic E-state index is -1.02. The molecule has 0 heterocycles. The second kappa shape index (κ2) is 4.79. The zero-order valence-corrected chi connectivity index (χ0v) is 9.75. The molecule has 4 heteroatoms. The lowest BCUT2D eigenvalue weighted by Crippen LogP contribution is -1.96. The lowest BCUT2D eigenvalue weighted by Gasteiger charge is -2.07. The molecule has 0 fully saturated rings. The third kappa shape index (κ3) is 2.27. The number of carbonyl (C=O) groups is 1. The van der Waals surface area contributed by atoms with Gasteiger partial charge in [-0.15, -0.1) is 0 Å². The van der Waals surface area contributed by atoms with E-state index in [-0.39, 0.29) is 11.3 Å². The quantitative estimate of drug-likeness (QED) is 0.871. The number of hydrogen-bond donors (Lipinski definition) is 2. The molecule has 0 aliphatic heterocycles. The number of rotatable bonds is 3. The molecule has 2 aromatic rings. The van der Waals surface area contributed by atoms with Gasteiger partial charge in [0.2, 0.25) is 0 Å². The van der Waals surface area contributed by atoms with Crippen molar-refractivity contribution in [1.82, 2.24) is 0 Å². The average molecular weight is 244 g/mol. The van der Waals surface area contributed by atoms with Crippen LogP contribution in [0.1, 0.15) is 10.4 Å². The van der Waals surface area contributed by atoms with Gasteiger partial charge in [-0.25, -0.2) is 4.79 Å². The molecule has 2 N–H and O–H groups in total. The third-order valence-electron chi connectivity index (χ3n) is 2.64. The molecule has 0 radical (unpaired) electrons. The van der Waals surface area contributed by atoms with Crippen molar-refractivity contribution in [2.45, 2.75) is 0 Å². The molecule has 0 unspecified atom stereocenters. The summed E-state index contributed by atoms with van der Waals surface area (Å²) in [6, 6.07) is 11.2. The lowest BCUT2D eigenvalue weighted by molar-refractivity contribution is 0.0697. The summed E-state index contributed by atoms with van der Waals surface area (Å²) in [5, 5.41) is 18.7. The van der Waals surface area contributed by atoms with E-state index >= 15 is 0 Å². The number of aromatic carboxylic acids is 1. The normalized spacial score (nSPS) is 10.1. The van der Waals surface area contributed by atoms with Crippen molar-refractivity contribution in [2.24, 2.45) is 0 Å². The van der Waals surface area contributed by atoms with Gasteiger partial charge in [-0.2, -0.15) is 0 Å². The van der Waals surface area contributed by atoms with Crippen molar-refractivity contribution in [3.8, 4) is 22.6 Å². The Balaban J connectivity index is 2.48. The monoisotopic (exact) mass is 244 g/mol. The van der Waals surface area contributed by atoms with Gasteiger partial charge in [0, 0.05) is 5.56 Å². The fraction of sp³-hybridized carbons (Fsp3) is 0.0714. The Bertz CT molecular complexity index is 573. The minimum absolute atomic E-state index is 0.0465. The summed E-state index contributed by atoms with van der Waals surface area (Å²) in [6.45, 7) is 0. The Labute approximate surface area is 104 Å². The van der Waals surface area contributed by atoms with E-state index in [1.54, 1.807) is 31.4 Å². The van der Waals surface area contributed by atoms with Crippen molar-refractivity contribution in [2.75, 3.05) is 7.11 Å². The van der Waals surface area contributed by atoms with Gasteiger partial charge >= 0.3 is 5.97 Å². The summed E-state index contributed by atoms with van der Waals surface area (Å²) in [5.41, 5.74) is 1.35. The van der Waals surface area contributed by atoms with Crippen LogP contribution in [0.15, 0.2) is 42.5 Å². The van der Waals surface area contributed by atoms with Crippen LogP contribution in [-0.2, 0) is 0 Å². The highest BCUT2D eigenvalue weighted by Gasteiger charge is 2.09. The Kier molecular flexibility index (Phi) is 3.19. The summed E-state index contributed by atoms with van der Waals surface area (Å²) in [4.78, 5) is 10.9. The molecule has 0 saturated heterocycles. The molecule has 18 heavy (non-hydrogen) atoms. The van der Waals surface area contributed by atoms with Gasteiger partial charge < -0.3 is 14.9 Å². The summed E-state index contributed by atoms with van der Waals surface area (Å²) in [5.74, 6) is -0.275. The van der Waals surface area contributed by atoms with E-state index in [9.17, 15) is 9.90 Å². The Morgan fingerprint density at radius 3 is 2.33 bits per heavy atom. The van der Waals surface area contributed by atoms with E-state index in [1.807, 2.05) is 0 Å². The van der Waals surface area contributed by atoms with Gasteiger partial charge in [0.05, 0.1) is 12.7 Å². The molecule has 0 saturated carbocycles. The molecule has 0 spiro atoms. The van der Waals surface area contributed by atoms with Crippen LogP contribution in [0.5, 0.6) is 11.5 Å². The number of carboxylic acids is 1. The van der Waals surface area contributed by atoms with Crippen LogP contribution in [0, 0.1) is 0 Å². The van der Waals surface area contributed by atoms with Crippen molar-refractivity contribution >= 4 is 5.97 Å². The topological polar surface area (TPSA) is 66.8 Å². The number of carboxylic acid groups (broad SMARTS) is 1. The number of phenols is 1. The van der Waals surface area contributed by atoms with E-state index in [2.05, 4.69) is 0 Å². The molecular formula is C14H12O4. The molecule has 0 aliphatic rings. The van der Waals surface area contributed by atoms with Crippen LogP contribution in [0.3, 0.4) is 0 Å². The van der Waals surface area contributed by atoms with E-state index in [0.29, 0.717) is 11.3 Å². The number of aromatic hydroxyl groups is 1. The minimum Gasteiger partial charge on any atom is -0.507 e. The molecule has 2 aromatic carbocycles. The molecule has 0 aromatic heterocycles. The molecule has 2 rings (SSSR count). The van der Waals surface area contributed by atoms with Gasteiger partial charge in [0.15, 0.2) is 0 Å². The summed E-state index contributed by atoms with van der Waals surface area (Å²) < 4.78 is 5.04. The summed E-state index contributed by atoms with van der Waals surface area (Å²) in [7, 11) is 1.57. The predicted molar refractivity (Wildman–Crippen MR) is 67.1 cm³/mol. The maximum Gasteiger partial charge on any atom is 0.335 e. The van der Waals surface area contributed by atoms with Crippen LogP contribution in [0.2, 0.25) is 0 Å². The van der Waals surface area contributed by atoms with Crippen molar-refractivity contribution in [3.63, 3.8) is 0 Å². The maximum atomic E-state index is 10.9. The summed E-state index contributed by atoms with van der Waals surface area (Å²) >= 11 is 0. The van der Waals surface area contributed by atoms with Crippen molar-refractivity contribution in [3.05, 3.63) is 48.0 Å². The van der Waals surface area contributed by atoms with Crippen LogP contribution in [0.25, 0.3) is 11.1 Å². The van der Waals surface area contributed by atoms with E-state index in [0.717, 1.165) is 5.56 Å². The Morgan fingerprint density at radius 2 is 1.78 bits per heavy atom. The van der Waals surface area contributed by atoms with E-state index in [1.165, 1.54) is 18.2 Å². The predicted octanol–water partition coefficient (Wildman–Crippen LogP) is 2.77. The molecule has 0 aliphatic carbocycles. The zero-order valence-electron chi connectivity index (χ0n) is 9.75. The smallest absolute Gasteiger partial charge is 0.335 e. The van der Waals surface area contributed by atoms with E-state index in [4.69, 9.17) is 9.84 Å². The van der Waals surface area contributed by atoms with Gasteiger partial charge in [-0.1, -0.05) is 12.1 Å². The Morgan fingerprint density at radius 1 is 1.11 bits per heavy atom. The first-order valence-electron chi connectivity index (χ1n) is 5.32. The van der Waals surface area contributed by atoms with Crippen LogP contribution < -0.4 is 4.74 Å². The number of methoxy groups -OCH3 is 1. The molecule has 0 atom stereocenters. The summed E-state index contributed by atoms with van der Waals surface area (Å²) in [6.07, 6.45) is 0. The first kappa shape index (κ1) is 12.0. The fourth-order valence-corrected chi connectivity index (χ4v) is 1.67. The highest BCUT2D eigenvalue weighted by molar-refractivity contribution is 5.90. The highest BCUT2D eigenvalue weighted by atomic mass is 16.5. The molecular weight excluding hydrogens is 232 g/mol. The molecule has 4 nitrogen and oxygen atoms in total. The second-order valence-corrected chi connectivity index (χ2v) is 3.77. The average Bonchev–Trinajstić information content (AvgIpc) is 2.39. The fourth-order valence-electron chi connectivity index (χ4n) is 1.67. The van der Waals surface area contributed by atoms with Gasteiger partial charge in [0.1, 0.15) is 11.5 Å². The second-order valence-electron chi connectivity index (χ2n) is 3.77. The van der Waals surface area contributed by atoms with Crippen LogP contribution >= 0.6 is 0 Å². The number of ether oxygens (including phenoxy) is 1. The third-order valence-corrected chi connectivity index (χ3v) is 2.64. The molecule has 0 amide bonds. The number of hydrogen-bond acceptors (Lipinski definition) is 3. The van der Waals surface area contributed by atoms with E-state index < -0.39 is 5.97 Å². The SMILES string of the molecule is COc1ccc(-c2cc(C(=O)O)ccc2O)cc1. The van der Waals surface area contributed by atoms with Crippen molar-refractivity contribution < 1.29 is 19.7 Å². The lowest BCUT2D eigenvalue weighted by atomic mass is 10.0. The zero-order chi connectivity index (χ0) is 13.1. The molecule has 92 valence electrons.